The average Bonchev–Trinajstić information content (AvgIpc) is 2.52. The fourth-order valence-corrected chi connectivity index (χ4v) is 2.75. The van der Waals surface area contributed by atoms with E-state index in [1.807, 2.05) is 26.0 Å². The molecule has 0 aliphatic carbocycles. The third kappa shape index (κ3) is 4.30. The summed E-state index contributed by atoms with van der Waals surface area (Å²) in [6.07, 6.45) is 0. The molecule has 0 bridgehead atoms. The normalized spacial score (nSPS) is 11.3. The van der Waals surface area contributed by atoms with Gasteiger partial charge < -0.3 is 11.1 Å². The van der Waals surface area contributed by atoms with Gasteiger partial charge in [-0.1, -0.05) is 43.6 Å². The lowest BCUT2D eigenvalue weighted by Gasteiger charge is -2.26. The molecule has 0 unspecified atom stereocenters. The maximum absolute atomic E-state index is 13.2. The Balaban J connectivity index is 2.07. The molecule has 122 valence electrons. The molecule has 0 saturated carbocycles. The Morgan fingerprint density at radius 2 is 1.87 bits per heavy atom. The minimum atomic E-state index is -0.419. The molecule has 3 N–H and O–H groups in total. The van der Waals surface area contributed by atoms with Gasteiger partial charge in [0.1, 0.15) is 5.82 Å². The minimum Gasteiger partial charge on any atom is -0.351 e. The fourth-order valence-electron chi connectivity index (χ4n) is 2.33. The molecule has 3 nitrogen and oxygen atoms in total. The lowest BCUT2D eigenvalue weighted by molar-refractivity contribution is 0.0945. The number of carbonyl (C=O) groups is 1. The number of carbonyl (C=O) groups excluding carboxylic acids is 1. The summed E-state index contributed by atoms with van der Waals surface area (Å²) in [5.74, 6) is -0.543. The molecule has 0 aliphatic rings. The Kier molecular flexibility index (Phi) is 5.39. The van der Waals surface area contributed by atoms with Crippen LogP contribution in [0.5, 0.6) is 0 Å². The Bertz CT molecular complexity index is 699. The van der Waals surface area contributed by atoms with Crippen molar-refractivity contribution in [3.05, 3.63) is 70.0 Å². The second-order valence-electron chi connectivity index (χ2n) is 6.09. The van der Waals surface area contributed by atoms with Gasteiger partial charge in [0, 0.05) is 29.1 Å². The van der Waals surface area contributed by atoms with Crippen LogP contribution < -0.4 is 11.1 Å². The number of amides is 1. The van der Waals surface area contributed by atoms with Gasteiger partial charge in [-0.15, -0.1) is 0 Å². The van der Waals surface area contributed by atoms with Crippen molar-refractivity contribution >= 4 is 17.5 Å². The van der Waals surface area contributed by atoms with Gasteiger partial charge in [0.05, 0.1) is 0 Å². The van der Waals surface area contributed by atoms with Crippen LogP contribution in [0.25, 0.3) is 0 Å². The number of hydrogen-bond donors (Lipinski definition) is 2. The van der Waals surface area contributed by atoms with Gasteiger partial charge in [-0.25, -0.2) is 4.39 Å². The average molecular weight is 335 g/mol. The second-order valence-corrected chi connectivity index (χ2v) is 6.50. The van der Waals surface area contributed by atoms with Gasteiger partial charge in [-0.2, -0.15) is 0 Å². The lowest BCUT2D eigenvalue weighted by Crippen LogP contribution is -2.36. The molecule has 23 heavy (non-hydrogen) atoms. The van der Waals surface area contributed by atoms with E-state index >= 15 is 0 Å². The van der Waals surface area contributed by atoms with Crippen molar-refractivity contribution in [1.29, 1.82) is 0 Å². The van der Waals surface area contributed by atoms with E-state index in [1.54, 1.807) is 18.2 Å². The lowest BCUT2D eigenvalue weighted by atomic mass is 9.84. The zero-order chi connectivity index (χ0) is 17.0. The molecule has 0 saturated heterocycles. The molecule has 5 heteroatoms. The summed E-state index contributed by atoms with van der Waals surface area (Å²) in [4.78, 5) is 12.2. The number of hydrogen-bond acceptors (Lipinski definition) is 2. The van der Waals surface area contributed by atoms with E-state index in [4.69, 9.17) is 17.3 Å². The highest BCUT2D eigenvalue weighted by Gasteiger charge is 2.24. The van der Waals surface area contributed by atoms with Gasteiger partial charge in [-0.3, -0.25) is 4.79 Å². The van der Waals surface area contributed by atoms with Gasteiger partial charge in [0.2, 0.25) is 0 Å². The van der Waals surface area contributed by atoms with Crippen LogP contribution in [0.2, 0.25) is 5.02 Å². The van der Waals surface area contributed by atoms with Crippen molar-refractivity contribution in [2.45, 2.75) is 25.8 Å². The van der Waals surface area contributed by atoms with Crippen LogP contribution in [0.4, 0.5) is 4.39 Å². The molecule has 2 rings (SSSR count). The molecule has 0 heterocycles. The first kappa shape index (κ1) is 17.4. The van der Waals surface area contributed by atoms with Gasteiger partial charge >= 0.3 is 0 Å². The predicted octanol–water partition coefficient (Wildman–Crippen LogP) is 3.65. The highest BCUT2D eigenvalue weighted by molar-refractivity contribution is 6.31. The molecule has 0 atom stereocenters. The summed E-state index contributed by atoms with van der Waals surface area (Å²) in [6.45, 7) is 4.72. The van der Waals surface area contributed by atoms with E-state index in [9.17, 15) is 9.18 Å². The predicted molar refractivity (Wildman–Crippen MR) is 91.1 cm³/mol. The summed E-state index contributed by atoms with van der Waals surface area (Å²) in [5.41, 5.74) is 7.46. The van der Waals surface area contributed by atoms with E-state index in [2.05, 4.69) is 5.32 Å². The van der Waals surface area contributed by atoms with E-state index in [1.165, 1.54) is 12.1 Å². The molecule has 0 fully saturated rings. The first-order valence-electron chi connectivity index (χ1n) is 7.36. The Morgan fingerprint density at radius 1 is 1.22 bits per heavy atom. The van der Waals surface area contributed by atoms with Gasteiger partial charge in [-0.05, 0) is 35.4 Å². The summed E-state index contributed by atoms with van der Waals surface area (Å²) in [5, 5.41) is 3.25. The molecule has 2 aromatic carbocycles. The fraction of sp³-hybridized carbons (Fsp3) is 0.278. The smallest absolute Gasteiger partial charge is 0.251 e. The van der Waals surface area contributed by atoms with Gasteiger partial charge in [0.15, 0.2) is 0 Å². The zero-order valence-corrected chi connectivity index (χ0v) is 14.0. The first-order valence-corrected chi connectivity index (χ1v) is 7.74. The molecular weight excluding hydrogens is 315 g/mol. The molecule has 1 amide bonds. The standard InChI is InChI=1S/C18H20ClFN2O/c1-18(2,15-8-7-14(20)9-16(15)19)11-22-17(23)13-5-3-12(10-21)4-6-13/h3-9H,10-11,21H2,1-2H3,(H,22,23). The van der Waals surface area contributed by atoms with E-state index in [0.717, 1.165) is 11.1 Å². The van der Waals surface area contributed by atoms with Crippen molar-refractivity contribution in [2.24, 2.45) is 5.73 Å². The monoisotopic (exact) mass is 334 g/mol. The van der Waals surface area contributed by atoms with Crippen LogP contribution in [-0.4, -0.2) is 12.5 Å². The van der Waals surface area contributed by atoms with E-state index in [-0.39, 0.29) is 11.7 Å². The number of benzene rings is 2. The molecule has 0 aromatic heterocycles. The van der Waals surface area contributed by atoms with Crippen LogP contribution >= 0.6 is 11.6 Å². The second kappa shape index (κ2) is 7.11. The maximum Gasteiger partial charge on any atom is 0.251 e. The van der Waals surface area contributed by atoms with E-state index in [0.29, 0.717) is 23.7 Å². The quantitative estimate of drug-likeness (QED) is 0.877. The van der Waals surface area contributed by atoms with Crippen molar-refractivity contribution in [2.75, 3.05) is 6.54 Å². The van der Waals surface area contributed by atoms with Crippen LogP contribution in [0.3, 0.4) is 0 Å². The topological polar surface area (TPSA) is 55.1 Å². The molecule has 0 spiro atoms. The number of nitrogens with one attached hydrogen (secondary N) is 1. The Morgan fingerprint density at radius 3 is 2.43 bits per heavy atom. The van der Waals surface area contributed by atoms with Crippen molar-refractivity contribution in [3.8, 4) is 0 Å². The molecule has 2 aromatic rings. The molecule has 0 radical (unpaired) electrons. The first-order chi connectivity index (χ1) is 10.8. The number of nitrogens with two attached hydrogens (primary N) is 1. The van der Waals surface area contributed by atoms with E-state index < -0.39 is 5.41 Å². The summed E-state index contributed by atoms with van der Waals surface area (Å²) < 4.78 is 13.2. The van der Waals surface area contributed by atoms with Crippen molar-refractivity contribution < 1.29 is 9.18 Å². The maximum atomic E-state index is 13.2. The molecule has 0 aliphatic heterocycles. The Hall–Kier alpha value is -1.91. The summed E-state index contributed by atoms with van der Waals surface area (Å²) in [7, 11) is 0. The van der Waals surface area contributed by atoms with Gasteiger partial charge in [0.25, 0.3) is 5.91 Å². The summed E-state index contributed by atoms with van der Waals surface area (Å²) >= 11 is 6.12. The van der Waals surface area contributed by atoms with Crippen LogP contribution in [0.1, 0.15) is 35.3 Å². The van der Waals surface area contributed by atoms with Crippen molar-refractivity contribution in [1.82, 2.24) is 5.32 Å². The molecular formula is C18H20ClFN2O. The minimum absolute atomic E-state index is 0.167. The van der Waals surface area contributed by atoms with Crippen molar-refractivity contribution in [3.63, 3.8) is 0 Å². The third-order valence-corrected chi connectivity index (χ3v) is 4.12. The third-order valence-electron chi connectivity index (χ3n) is 3.80. The highest BCUT2D eigenvalue weighted by Crippen LogP contribution is 2.30. The largest absolute Gasteiger partial charge is 0.351 e. The van der Waals surface area contributed by atoms with Crippen LogP contribution in [-0.2, 0) is 12.0 Å². The van der Waals surface area contributed by atoms with Crippen LogP contribution in [0, 0.1) is 5.82 Å². The highest BCUT2D eigenvalue weighted by atomic mass is 35.5. The summed E-state index contributed by atoms with van der Waals surface area (Å²) in [6, 6.07) is 11.5. The SMILES string of the molecule is CC(C)(CNC(=O)c1ccc(CN)cc1)c1ccc(F)cc1Cl. The zero-order valence-electron chi connectivity index (χ0n) is 13.2. The Labute approximate surface area is 140 Å². The van der Waals surface area contributed by atoms with Crippen LogP contribution in [0.15, 0.2) is 42.5 Å². The number of rotatable bonds is 5. The number of halogens is 2.